The van der Waals surface area contributed by atoms with E-state index in [0.29, 0.717) is 16.6 Å². The van der Waals surface area contributed by atoms with Gasteiger partial charge < -0.3 is 15.1 Å². The second kappa shape index (κ2) is 10.8. The highest BCUT2D eigenvalue weighted by molar-refractivity contribution is 7.99. The molecular weight excluding hydrogens is 429 g/mol. The SMILES string of the molecule is O=C(CSc1ccc(N2CCC(C(=O)N3CCCCC3)CC2)nn1)Nc1ccc(F)cc1. The smallest absolute Gasteiger partial charge is 0.234 e. The van der Waals surface area contributed by atoms with E-state index in [-0.39, 0.29) is 23.4 Å². The molecule has 1 aromatic heterocycles. The van der Waals surface area contributed by atoms with Crippen LogP contribution < -0.4 is 10.2 Å². The van der Waals surface area contributed by atoms with E-state index in [1.54, 1.807) is 0 Å². The maximum absolute atomic E-state index is 12.9. The molecule has 4 rings (SSSR count). The van der Waals surface area contributed by atoms with E-state index in [0.717, 1.165) is 57.7 Å². The minimum absolute atomic E-state index is 0.117. The van der Waals surface area contributed by atoms with Gasteiger partial charge in [-0.25, -0.2) is 4.39 Å². The van der Waals surface area contributed by atoms with Gasteiger partial charge in [-0.05, 0) is 68.5 Å². The molecule has 3 heterocycles. The van der Waals surface area contributed by atoms with Gasteiger partial charge in [0.1, 0.15) is 10.8 Å². The minimum atomic E-state index is -0.342. The van der Waals surface area contributed by atoms with Crippen molar-refractivity contribution in [3.05, 3.63) is 42.2 Å². The van der Waals surface area contributed by atoms with Crippen molar-refractivity contribution >= 4 is 35.1 Å². The summed E-state index contributed by atoms with van der Waals surface area (Å²) in [5.41, 5.74) is 0.556. The molecule has 1 aromatic carbocycles. The summed E-state index contributed by atoms with van der Waals surface area (Å²) in [6, 6.07) is 9.44. The molecule has 2 amide bonds. The largest absolute Gasteiger partial charge is 0.355 e. The predicted molar refractivity (Wildman–Crippen MR) is 123 cm³/mol. The zero-order chi connectivity index (χ0) is 22.3. The van der Waals surface area contributed by atoms with Gasteiger partial charge in [-0.1, -0.05) is 11.8 Å². The molecule has 170 valence electrons. The number of thioether (sulfide) groups is 1. The number of likely N-dealkylation sites (tertiary alicyclic amines) is 1. The minimum Gasteiger partial charge on any atom is -0.355 e. The molecule has 7 nitrogen and oxygen atoms in total. The second-order valence-electron chi connectivity index (χ2n) is 8.22. The molecule has 0 radical (unpaired) electrons. The summed E-state index contributed by atoms with van der Waals surface area (Å²) in [4.78, 5) is 29.0. The average Bonchev–Trinajstić information content (AvgIpc) is 2.85. The van der Waals surface area contributed by atoms with Crippen LogP contribution in [0.5, 0.6) is 0 Å². The number of nitrogens with one attached hydrogen (secondary N) is 1. The highest BCUT2D eigenvalue weighted by atomic mass is 32.2. The van der Waals surface area contributed by atoms with E-state index in [4.69, 9.17) is 0 Å². The highest BCUT2D eigenvalue weighted by Gasteiger charge is 2.29. The van der Waals surface area contributed by atoms with Crippen molar-refractivity contribution in [3.63, 3.8) is 0 Å². The molecule has 9 heteroatoms. The number of carbonyl (C=O) groups excluding carboxylic acids is 2. The zero-order valence-electron chi connectivity index (χ0n) is 18.0. The summed E-state index contributed by atoms with van der Waals surface area (Å²) in [6.45, 7) is 3.41. The number of aromatic nitrogens is 2. The molecule has 0 bridgehead atoms. The molecule has 0 atom stereocenters. The summed E-state index contributed by atoms with van der Waals surface area (Å²) < 4.78 is 12.9. The molecule has 0 spiro atoms. The van der Waals surface area contributed by atoms with Crippen LogP contribution in [0.2, 0.25) is 0 Å². The van der Waals surface area contributed by atoms with Crippen LogP contribution in [0.1, 0.15) is 32.1 Å². The predicted octanol–water partition coefficient (Wildman–Crippen LogP) is 3.58. The molecule has 2 aromatic rings. The lowest BCUT2D eigenvalue weighted by Gasteiger charge is -2.35. The van der Waals surface area contributed by atoms with Gasteiger partial charge >= 0.3 is 0 Å². The molecule has 2 saturated heterocycles. The monoisotopic (exact) mass is 457 g/mol. The van der Waals surface area contributed by atoms with Crippen molar-refractivity contribution in [2.45, 2.75) is 37.1 Å². The van der Waals surface area contributed by atoms with Gasteiger partial charge in [-0.15, -0.1) is 10.2 Å². The number of benzene rings is 1. The summed E-state index contributed by atoms with van der Waals surface area (Å²) in [5, 5.41) is 11.9. The number of amides is 2. The Morgan fingerprint density at radius 3 is 2.34 bits per heavy atom. The van der Waals surface area contributed by atoms with E-state index in [2.05, 4.69) is 20.4 Å². The molecule has 2 fully saturated rings. The lowest BCUT2D eigenvalue weighted by atomic mass is 9.94. The lowest BCUT2D eigenvalue weighted by Crippen LogP contribution is -2.44. The zero-order valence-corrected chi connectivity index (χ0v) is 18.8. The van der Waals surface area contributed by atoms with Gasteiger partial charge in [0.05, 0.1) is 5.75 Å². The van der Waals surface area contributed by atoms with Gasteiger partial charge in [-0.2, -0.15) is 0 Å². The molecule has 2 aliphatic heterocycles. The fourth-order valence-corrected chi connectivity index (χ4v) is 4.77. The Morgan fingerprint density at radius 1 is 0.969 bits per heavy atom. The lowest BCUT2D eigenvalue weighted by molar-refractivity contribution is -0.137. The Labute approximate surface area is 191 Å². The van der Waals surface area contributed by atoms with Crippen LogP contribution in [0.15, 0.2) is 41.4 Å². The van der Waals surface area contributed by atoms with Crippen LogP contribution in [0.4, 0.5) is 15.9 Å². The number of hydrogen-bond donors (Lipinski definition) is 1. The Hall–Kier alpha value is -2.68. The van der Waals surface area contributed by atoms with Gasteiger partial charge in [0.25, 0.3) is 0 Å². The average molecular weight is 458 g/mol. The van der Waals surface area contributed by atoms with Crippen LogP contribution in [0.25, 0.3) is 0 Å². The molecule has 1 N–H and O–H groups in total. The number of halogens is 1. The number of rotatable bonds is 6. The van der Waals surface area contributed by atoms with E-state index < -0.39 is 0 Å². The third kappa shape index (κ3) is 5.97. The number of carbonyl (C=O) groups is 2. The molecule has 0 unspecified atom stereocenters. The van der Waals surface area contributed by atoms with Gasteiger partial charge in [-0.3, -0.25) is 9.59 Å². The first kappa shape index (κ1) is 22.5. The Bertz CT molecular complexity index is 911. The summed E-state index contributed by atoms with van der Waals surface area (Å²) >= 11 is 1.30. The molecular formula is C23H28FN5O2S. The van der Waals surface area contributed by atoms with E-state index in [9.17, 15) is 14.0 Å². The van der Waals surface area contributed by atoms with Gasteiger partial charge in [0.2, 0.25) is 11.8 Å². The Kier molecular flexibility index (Phi) is 7.57. The standard InChI is InChI=1S/C23H28FN5O2S/c24-18-4-6-19(7-5-18)25-21(30)16-32-22-9-8-20(26-27-22)28-14-10-17(11-15-28)23(31)29-12-2-1-3-13-29/h4-9,17H,1-3,10-16H2,(H,25,30). The van der Waals surface area contributed by atoms with Crippen molar-refractivity contribution in [1.29, 1.82) is 0 Å². The Balaban J connectivity index is 1.22. The number of anilines is 2. The maximum Gasteiger partial charge on any atom is 0.234 e. The topological polar surface area (TPSA) is 78.4 Å². The molecule has 0 aliphatic carbocycles. The van der Waals surface area contributed by atoms with Crippen LogP contribution in [0, 0.1) is 11.7 Å². The second-order valence-corrected chi connectivity index (χ2v) is 9.22. The summed E-state index contributed by atoms with van der Waals surface area (Å²) in [5.74, 6) is 0.899. The van der Waals surface area contributed by atoms with E-state index in [1.807, 2.05) is 17.0 Å². The van der Waals surface area contributed by atoms with Crippen LogP contribution in [0.3, 0.4) is 0 Å². The van der Waals surface area contributed by atoms with Crippen molar-refractivity contribution in [2.24, 2.45) is 5.92 Å². The van der Waals surface area contributed by atoms with Crippen molar-refractivity contribution in [2.75, 3.05) is 42.1 Å². The Morgan fingerprint density at radius 2 is 1.69 bits per heavy atom. The molecule has 0 saturated carbocycles. The van der Waals surface area contributed by atoms with Gasteiger partial charge in [0.15, 0.2) is 5.82 Å². The number of hydrogen-bond acceptors (Lipinski definition) is 6. The van der Waals surface area contributed by atoms with Crippen molar-refractivity contribution in [3.8, 4) is 0 Å². The van der Waals surface area contributed by atoms with Gasteiger partial charge in [0, 0.05) is 37.8 Å². The first-order chi connectivity index (χ1) is 15.6. The van der Waals surface area contributed by atoms with Crippen LogP contribution in [-0.2, 0) is 9.59 Å². The third-order valence-electron chi connectivity index (χ3n) is 5.94. The molecule has 2 aliphatic rings. The molecule has 32 heavy (non-hydrogen) atoms. The summed E-state index contributed by atoms with van der Waals surface area (Å²) in [6.07, 6.45) is 5.17. The van der Waals surface area contributed by atoms with E-state index in [1.165, 1.54) is 42.4 Å². The van der Waals surface area contributed by atoms with Crippen LogP contribution >= 0.6 is 11.8 Å². The fourth-order valence-electron chi connectivity index (χ4n) is 4.16. The first-order valence-corrected chi connectivity index (χ1v) is 12.1. The van der Waals surface area contributed by atoms with Crippen molar-refractivity contribution < 1.29 is 14.0 Å². The summed E-state index contributed by atoms with van der Waals surface area (Å²) in [7, 11) is 0. The van der Waals surface area contributed by atoms with E-state index >= 15 is 0 Å². The number of nitrogens with zero attached hydrogens (tertiary/aromatic N) is 4. The highest BCUT2D eigenvalue weighted by Crippen LogP contribution is 2.25. The van der Waals surface area contributed by atoms with Crippen molar-refractivity contribution in [1.82, 2.24) is 15.1 Å². The first-order valence-electron chi connectivity index (χ1n) is 11.1. The number of piperidine rings is 2. The third-order valence-corrected chi connectivity index (χ3v) is 6.86. The van der Waals surface area contributed by atoms with Crippen LogP contribution in [-0.4, -0.2) is 58.8 Å². The normalized spacial score (nSPS) is 17.3. The maximum atomic E-state index is 12.9. The quantitative estimate of drug-likeness (QED) is 0.668. The fraction of sp³-hybridized carbons (Fsp3) is 0.478.